The van der Waals surface area contributed by atoms with Crippen molar-refractivity contribution in [2.45, 2.75) is 19.8 Å². The first-order valence-corrected chi connectivity index (χ1v) is 7.31. The molecule has 1 aromatic carbocycles. The smallest absolute Gasteiger partial charge is 0.232 e. The minimum absolute atomic E-state index is 0.1000. The van der Waals surface area contributed by atoms with Crippen molar-refractivity contribution in [3.8, 4) is 5.75 Å². The summed E-state index contributed by atoms with van der Waals surface area (Å²) < 4.78 is 5.66. The molecular formula is C14H20BrNO2. The third-order valence-electron chi connectivity index (χ3n) is 2.75. The number of alkyl halides is 1. The van der Waals surface area contributed by atoms with E-state index in [2.05, 4.69) is 35.0 Å². The number of nitrogens with zero attached hydrogens (tertiary/aromatic N) is 1. The minimum atomic E-state index is 0.1000. The van der Waals surface area contributed by atoms with Gasteiger partial charge >= 0.3 is 0 Å². The Kier molecular flexibility index (Phi) is 6.80. The third kappa shape index (κ3) is 5.08. The van der Waals surface area contributed by atoms with Gasteiger partial charge in [0.25, 0.3) is 0 Å². The predicted molar refractivity (Wildman–Crippen MR) is 77.4 cm³/mol. The second kappa shape index (κ2) is 8.14. The van der Waals surface area contributed by atoms with Gasteiger partial charge < -0.3 is 9.64 Å². The van der Waals surface area contributed by atoms with E-state index in [9.17, 15) is 4.79 Å². The molecule has 3 nitrogen and oxygen atoms in total. The maximum Gasteiger partial charge on any atom is 0.232 e. The zero-order valence-corrected chi connectivity index (χ0v) is 12.6. The summed E-state index contributed by atoms with van der Waals surface area (Å²) in [5.74, 6) is 1.01. The Bertz CT molecular complexity index is 382. The van der Waals surface area contributed by atoms with Gasteiger partial charge in [0, 0.05) is 13.6 Å². The van der Waals surface area contributed by atoms with Crippen molar-refractivity contribution in [3.05, 3.63) is 29.8 Å². The molecule has 0 bridgehead atoms. The average Bonchev–Trinajstić information content (AvgIpc) is 2.42. The van der Waals surface area contributed by atoms with Crippen molar-refractivity contribution in [1.82, 2.24) is 4.90 Å². The molecule has 1 amide bonds. The number of amides is 1. The fourth-order valence-corrected chi connectivity index (χ4v) is 2.00. The molecule has 0 aromatic heterocycles. The molecule has 0 aliphatic carbocycles. The van der Waals surface area contributed by atoms with E-state index in [-0.39, 0.29) is 5.91 Å². The van der Waals surface area contributed by atoms with Gasteiger partial charge in [0.05, 0.1) is 11.9 Å². The van der Waals surface area contributed by atoms with Gasteiger partial charge in [0.1, 0.15) is 5.75 Å². The number of hydrogen-bond donors (Lipinski definition) is 0. The van der Waals surface area contributed by atoms with Crippen LogP contribution in [0.25, 0.3) is 0 Å². The van der Waals surface area contributed by atoms with Crippen molar-refractivity contribution in [2.24, 2.45) is 0 Å². The molecule has 0 saturated carbocycles. The van der Waals surface area contributed by atoms with Crippen LogP contribution in [0.15, 0.2) is 24.3 Å². The van der Waals surface area contributed by atoms with Crippen LogP contribution in [0.3, 0.4) is 0 Å². The van der Waals surface area contributed by atoms with Gasteiger partial charge in [-0.15, -0.1) is 0 Å². The molecular weight excluding hydrogens is 294 g/mol. The Balaban J connectivity index is 2.27. The summed E-state index contributed by atoms with van der Waals surface area (Å²) in [6.45, 7) is 3.48. The normalized spacial score (nSPS) is 10.2. The average molecular weight is 314 g/mol. The summed E-state index contributed by atoms with van der Waals surface area (Å²) in [4.78, 5) is 13.0. The van der Waals surface area contributed by atoms with Crippen molar-refractivity contribution >= 4 is 21.8 Å². The molecule has 18 heavy (non-hydrogen) atoms. The number of rotatable bonds is 7. The van der Waals surface area contributed by atoms with E-state index in [1.54, 1.807) is 11.9 Å². The van der Waals surface area contributed by atoms with Crippen LogP contribution < -0.4 is 4.74 Å². The maximum atomic E-state index is 11.3. The lowest BCUT2D eigenvalue weighted by Gasteiger charge is -2.15. The Labute approximate surface area is 117 Å². The fraction of sp³-hybridized carbons (Fsp3) is 0.500. The monoisotopic (exact) mass is 313 g/mol. The molecule has 0 N–H and O–H groups in total. The largest absolute Gasteiger partial charge is 0.494 e. The molecule has 0 aliphatic rings. The predicted octanol–water partition coefficient (Wildman–Crippen LogP) is 2.87. The zero-order valence-electron chi connectivity index (χ0n) is 11.0. The van der Waals surface area contributed by atoms with Crippen molar-refractivity contribution < 1.29 is 9.53 Å². The van der Waals surface area contributed by atoms with Crippen molar-refractivity contribution in [2.75, 3.05) is 25.5 Å². The van der Waals surface area contributed by atoms with Crippen LogP contribution in [0, 0.1) is 0 Å². The molecule has 0 spiro atoms. The lowest BCUT2D eigenvalue weighted by molar-refractivity contribution is -0.127. The molecule has 4 heteroatoms. The first-order chi connectivity index (χ1) is 8.67. The fourth-order valence-electron chi connectivity index (χ4n) is 1.57. The summed E-state index contributed by atoms with van der Waals surface area (Å²) in [6.07, 6.45) is 1.85. The number of carbonyl (C=O) groups excluding carboxylic acids is 1. The summed E-state index contributed by atoms with van der Waals surface area (Å²) in [7, 11) is 1.81. The van der Waals surface area contributed by atoms with Crippen LogP contribution in [0.4, 0.5) is 0 Å². The summed E-state index contributed by atoms with van der Waals surface area (Å²) in [6, 6.07) is 8.13. The number of ether oxygens (including phenoxy) is 1. The van der Waals surface area contributed by atoms with Gasteiger partial charge in [-0.3, -0.25) is 4.79 Å². The second-order valence-corrected chi connectivity index (χ2v) is 4.71. The minimum Gasteiger partial charge on any atom is -0.494 e. The quantitative estimate of drug-likeness (QED) is 0.572. The molecule has 0 saturated heterocycles. The van der Waals surface area contributed by atoms with Gasteiger partial charge in [0.15, 0.2) is 0 Å². The number of carbonyl (C=O) groups is 1. The standard InChI is InChI=1S/C14H20BrNO2/c1-3-12-6-4-7-13(10-12)18-9-5-8-16(2)14(17)11-15/h4,6-7,10H,3,5,8-9,11H2,1-2H3. The Morgan fingerprint density at radius 1 is 1.44 bits per heavy atom. The lowest BCUT2D eigenvalue weighted by Crippen LogP contribution is -2.29. The van der Waals surface area contributed by atoms with Crippen LogP contribution in [0.5, 0.6) is 5.75 Å². The van der Waals surface area contributed by atoms with E-state index >= 15 is 0 Å². The molecule has 0 fully saturated rings. The van der Waals surface area contributed by atoms with E-state index in [1.165, 1.54) is 5.56 Å². The van der Waals surface area contributed by atoms with Crippen LogP contribution >= 0.6 is 15.9 Å². The number of aryl methyl sites for hydroxylation is 1. The van der Waals surface area contributed by atoms with Gasteiger partial charge in [-0.2, -0.15) is 0 Å². The molecule has 0 aliphatic heterocycles. The van der Waals surface area contributed by atoms with E-state index in [0.29, 0.717) is 11.9 Å². The molecule has 0 heterocycles. The van der Waals surface area contributed by atoms with E-state index in [4.69, 9.17) is 4.74 Å². The zero-order chi connectivity index (χ0) is 13.4. The Morgan fingerprint density at radius 2 is 2.22 bits per heavy atom. The van der Waals surface area contributed by atoms with Gasteiger partial charge in [0.2, 0.25) is 5.91 Å². The highest BCUT2D eigenvalue weighted by Gasteiger charge is 2.05. The Morgan fingerprint density at radius 3 is 2.89 bits per heavy atom. The second-order valence-electron chi connectivity index (χ2n) is 4.15. The molecule has 1 aromatic rings. The van der Waals surface area contributed by atoms with Crippen molar-refractivity contribution in [1.29, 1.82) is 0 Å². The molecule has 0 radical (unpaired) electrons. The number of halogens is 1. The van der Waals surface area contributed by atoms with Crippen molar-refractivity contribution in [3.63, 3.8) is 0 Å². The van der Waals surface area contributed by atoms with E-state index in [1.807, 2.05) is 12.1 Å². The van der Waals surface area contributed by atoms with Gasteiger partial charge in [-0.05, 0) is 30.5 Å². The van der Waals surface area contributed by atoms with E-state index < -0.39 is 0 Å². The van der Waals surface area contributed by atoms with E-state index in [0.717, 1.165) is 25.1 Å². The topological polar surface area (TPSA) is 29.5 Å². The lowest BCUT2D eigenvalue weighted by atomic mass is 10.2. The number of benzene rings is 1. The van der Waals surface area contributed by atoms with Crippen LogP contribution in [-0.2, 0) is 11.2 Å². The molecule has 1 rings (SSSR count). The van der Waals surface area contributed by atoms with Gasteiger partial charge in [-0.25, -0.2) is 0 Å². The first kappa shape index (κ1) is 15.0. The highest BCUT2D eigenvalue weighted by atomic mass is 79.9. The highest BCUT2D eigenvalue weighted by molar-refractivity contribution is 9.09. The van der Waals surface area contributed by atoms with Crippen LogP contribution in [0.2, 0.25) is 0 Å². The highest BCUT2D eigenvalue weighted by Crippen LogP contribution is 2.13. The first-order valence-electron chi connectivity index (χ1n) is 6.19. The SMILES string of the molecule is CCc1cccc(OCCCN(C)C(=O)CBr)c1. The summed E-state index contributed by atoms with van der Waals surface area (Å²) >= 11 is 3.15. The Hall–Kier alpha value is -1.03. The van der Waals surface area contributed by atoms with Gasteiger partial charge in [-0.1, -0.05) is 35.0 Å². The molecule has 0 unspecified atom stereocenters. The van der Waals surface area contributed by atoms with Crippen LogP contribution in [0.1, 0.15) is 18.9 Å². The molecule has 0 atom stereocenters. The summed E-state index contributed by atoms with van der Waals surface area (Å²) in [5, 5.41) is 0.378. The van der Waals surface area contributed by atoms with Crippen LogP contribution in [-0.4, -0.2) is 36.3 Å². The molecule has 100 valence electrons. The third-order valence-corrected chi connectivity index (χ3v) is 3.23. The summed E-state index contributed by atoms with van der Waals surface area (Å²) in [5.41, 5.74) is 1.28. The number of hydrogen-bond acceptors (Lipinski definition) is 2. The maximum absolute atomic E-state index is 11.3.